The summed E-state index contributed by atoms with van der Waals surface area (Å²) < 4.78 is 0. The Morgan fingerprint density at radius 2 is 2.32 bits per heavy atom. The predicted molar refractivity (Wildman–Crippen MR) is 83.8 cm³/mol. The molecule has 1 aliphatic rings. The summed E-state index contributed by atoms with van der Waals surface area (Å²) in [5, 5.41) is 9.01. The molecule has 0 radical (unpaired) electrons. The first-order valence-electron chi connectivity index (χ1n) is 6.91. The molecule has 0 aromatic heterocycles. The highest BCUT2D eigenvalue weighted by Crippen LogP contribution is 2.31. The molecule has 1 aromatic carbocycles. The van der Waals surface area contributed by atoms with E-state index in [1.165, 1.54) is 18.4 Å². The van der Waals surface area contributed by atoms with E-state index < -0.39 is 0 Å². The molecule has 3 N–H and O–H groups in total. The van der Waals surface area contributed by atoms with E-state index in [1.807, 2.05) is 6.07 Å². The minimum absolute atomic E-state index is 0.264. The van der Waals surface area contributed by atoms with Gasteiger partial charge < -0.3 is 15.7 Å². The number of rotatable bonds is 5. The van der Waals surface area contributed by atoms with Crippen molar-refractivity contribution in [3.05, 3.63) is 29.3 Å². The Labute approximate surface area is 120 Å². The minimum Gasteiger partial charge on any atom is -0.396 e. The highest BCUT2D eigenvalue weighted by molar-refractivity contribution is 7.80. The molecule has 1 unspecified atom stereocenters. The molecule has 0 amide bonds. The van der Waals surface area contributed by atoms with Crippen molar-refractivity contribution >= 4 is 22.9 Å². The van der Waals surface area contributed by atoms with Crippen molar-refractivity contribution in [1.82, 2.24) is 0 Å². The van der Waals surface area contributed by atoms with Crippen molar-refractivity contribution in [2.24, 2.45) is 5.73 Å². The molecule has 0 aliphatic carbocycles. The topological polar surface area (TPSA) is 49.5 Å². The third-order valence-corrected chi connectivity index (χ3v) is 4.02. The molecule has 0 saturated carbocycles. The largest absolute Gasteiger partial charge is 0.396 e. The van der Waals surface area contributed by atoms with E-state index in [1.54, 1.807) is 0 Å². The van der Waals surface area contributed by atoms with Gasteiger partial charge in [0, 0.05) is 30.4 Å². The number of benzene rings is 1. The molecule has 0 spiro atoms. The van der Waals surface area contributed by atoms with Crippen LogP contribution in [0, 0.1) is 6.92 Å². The van der Waals surface area contributed by atoms with Crippen molar-refractivity contribution < 1.29 is 5.11 Å². The molecule has 1 fully saturated rings. The second kappa shape index (κ2) is 6.35. The monoisotopic (exact) mass is 278 g/mol. The minimum atomic E-state index is 0.264. The summed E-state index contributed by atoms with van der Waals surface area (Å²) in [7, 11) is 0. The summed E-state index contributed by atoms with van der Waals surface area (Å²) in [6.07, 6.45) is 4.27. The SMILES string of the molecule is Cc1ccc(C(N)=S)c(N2CCCC2CCCO)c1. The Kier molecular flexibility index (Phi) is 4.77. The Morgan fingerprint density at radius 1 is 1.53 bits per heavy atom. The Morgan fingerprint density at radius 3 is 3.00 bits per heavy atom. The van der Waals surface area contributed by atoms with Crippen LogP contribution in [0.4, 0.5) is 5.69 Å². The lowest BCUT2D eigenvalue weighted by atomic mass is 10.1. The number of aliphatic hydroxyl groups excluding tert-OH is 1. The first kappa shape index (κ1) is 14.3. The number of anilines is 1. The zero-order valence-corrected chi connectivity index (χ0v) is 12.2. The molecule has 0 bridgehead atoms. The van der Waals surface area contributed by atoms with E-state index in [9.17, 15) is 0 Å². The lowest BCUT2D eigenvalue weighted by Crippen LogP contribution is -2.31. The average molecular weight is 278 g/mol. The molecule has 1 aromatic rings. The van der Waals surface area contributed by atoms with Gasteiger partial charge in [-0.05, 0) is 50.3 Å². The molecule has 19 heavy (non-hydrogen) atoms. The molecular formula is C15H22N2OS. The van der Waals surface area contributed by atoms with Gasteiger partial charge in [-0.25, -0.2) is 0 Å². The first-order valence-corrected chi connectivity index (χ1v) is 7.32. The number of hydrogen-bond acceptors (Lipinski definition) is 3. The summed E-state index contributed by atoms with van der Waals surface area (Å²) in [5.41, 5.74) is 9.20. The standard InChI is InChI=1S/C15H22N2OS/c1-11-6-7-13(15(16)19)14(10-11)17-8-2-4-12(17)5-3-9-18/h6-7,10,12,18H,2-5,8-9H2,1H3,(H2,16,19). The molecule has 4 heteroatoms. The van der Waals surface area contributed by atoms with E-state index in [-0.39, 0.29) is 6.61 Å². The normalized spacial score (nSPS) is 18.8. The van der Waals surface area contributed by atoms with Crippen molar-refractivity contribution in [1.29, 1.82) is 0 Å². The molecule has 104 valence electrons. The first-order chi connectivity index (χ1) is 9.13. The fourth-order valence-electron chi connectivity index (χ4n) is 2.87. The maximum absolute atomic E-state index is 9.01. The third-order valence-electron chi connectivity index (χ3n) is 3.80. The van der Waals surface area contributed by atoms with Crippen molar-refractivity contribution in [3.63, 3.8) is 0 Å². The number of thiocarbonyl (C=S) groups is 1. The molecular weight excluding hydrogens is 256 g/mol. The summed E-state index contributed by atoms with van der Waals surface area (Å²) in [6, 6.07) is 6.75. The quantitative estimate of drug-likeness (QED) is 0.812. The number of aliphatic hydroxyl groups is 1. The Balaban J connectivity index is 2.28. The van der Waals surface area contributed by atoms with E-state index in [0.717, 1.165) is 30.6 Å². The second-order valence-electron chi connectivity index (χ2n) is 5.24. The van der Waals surface area contributed by atoms with Crippen molar-refractivity contribution in [2.45, 2.75) is 38.6 Å². The van der Waals surface area contributed by atoms with Crippen LogP contribution in [0.3, 0.4) is 0 Å². The summed E-state index contributed by atoms with van der Waals surface area (Å²) in [5.74, 6) is 0. The maximum atomic E-state index is 9.01. The van der Waals surface area contributed by atoms with Crippen molar-refractivity contribution in [3.8, 4) is 0 Å². The van der Waals surface area contributed by atoms with Crippen molar-refractivity contribution in [2.75, 3.05) is 18.1 Å². The highest BCUT2D eigenvalue weighted by atomic mass is 32.1. The highest BCUT2D eigenvalue weighted by Gasteiger charge is 2.26. The average Bonchev–Trinajstić information content (AvgIpc) is 2.83. The predicted octanol–water partition coefficient (Wildman–Crippen LogP) is 2.37. The van der Waals surface area contributed by atoms with E-state index >= 15 is 0 Å². The second-order valence-corrected chi connectivity index (χ2v) is 5.68. The van der Waals surface area contributed by atoms with Gasteiger partial charge in [0.25, 0.3) is 0 Å². The summed E-state index contributed by atoms with van der Waals surface area (Å²) >= 11 is 5.17. The molecule has 1 atom stereocenters. The number of hydrogen-bond donors (Lipinski definition) is 2. The number of nitrogens with zero attached hydrogens (tertiary/aromatic N) is 1. The lowest BCUT2D eigenvalue weighted by Gasteiger charge is -2.29. The van der Waals surface area contributed by atoms with Crippen LogP contribution in [-0.2, 0) is 0 Å². The number of aryl methyl sites for hydroxylation is 1. The zero-order valence-electron chi connectivity index (χ0n) is 11.4. The van der Waals surface area contributed by atoms with Gasteiger partial charge in [-0.15, -0.1) is 0 Å². The van der Waals surface area contributed by atoms with Crippen LogP contribution in [0.15, 0.2) is 18.2 Å². The third kappa shape index (κ3) is 3.25. The lowest BCUT2D eigenvalue weighted by molar-refractivity contribution is 0.279. The van der Waals surface area contributed by atoms with Gasteiger partial charge in [-0.2, -0.15) is 0 Å². The van der Waals surface area contributed by atoms with Gasteiger partial charge in [0.1, 0.15) is 4.99 Å². The summed E-state index contributed by atoms with van der Waals surface area (Å²) in [6.45, 7) is 3.40. The smallest absolute Gasteiger partial charge is 0.106 e. The van der Waals surface area contributed by atoms with Gasteiger partial charge in [0.05, 0.1) is 0 Å². The molecule has 1 saturated heterocycles. The van der Waals surface area contributed by atoms with E-state index in [0.29, 0.717) is 11.0 Å². The Hall–Kier alpha value is -1.13. The van der Waals surface area contributed by atoms with Crippen LogP contribution in [0.2, 0.25) is 0 Å². The Bertz CT molecular complexity index is 461. The van der Waals surface area contributed by atoms with E-state index in [4.69, 9.17) is 23.1 Å². The van der Waals surface area contributed by atoms with E-state index in [2.05, 4.69) is 24.0 Å². The molecule has 1 aliphatic heterocycles. The molecule has 1 heterocycles. The van der Waals surface area contributed by atoms with Gasteiger partial charge in [-0.3, -0.25) is 0 Å². The number of nitrogens with two attached hydrogens (primary N) is 1. The van der Waals surface area contributed by atoms with Crippen LogP contribution in [0.5, 0.6) is 0 Å². The maximum Gasteiger partial charge on any atom is 0.106 e. The fourth-order valence-corrected chi connectivity index (χ4v) is 3.04. The van der Waals surface area contributed by atoms with Crippen LogP contribution in [0.1, 0.15) is 36.8 Å². The van der Waals surface area contributed by atoms with Gasteiger partial charge in [0.15, 0.2) is 0 Å². The van der Waals surface area contributed by atoms with Crippen LogP contribution in [0.25, 0.3) is 0 Å². The van der Waals surface area contributed by atoms with Gasteiger partial charge >= 0.3 is 0 Å². The summed E-state index contributed by atoms with van der Waals surface area (Å²) in [4.78, 5) is 2.87. The molecule has 2 rings (SSSR count). The van der Waals surface area contributed by atoms with Crippen LogP contribution in [-0.4, -0.2) is 29.3 Å². The van der Waals surface area contributed by atoms with Crippen LogP contribution >= 0.6 is 12.2 Å². The van der Waals surface area contributed by atoms with Crippen LogP contribution < -0.4 is 10.6 Å². The fraction of sp³-hybridized carbons (Fsp3) is 0.533. The van der Waals surface area contributed by atoms with Gasteiger partial charge in [-0.1, -0.05) is 18.3 Å². The van der Waals surface area contributed by atoms with Gasteiger partial charge in [0.2, 0.25) is 0 Å². The zero-order chi connectivity index (χ0) is 13.8. The molecule has 3 nitrogen and oxygen atoms in total.